The highest BCUT2D eigenvalue weighted by atomic mass is 35.5. The smallest absolute Gasteiger partial charge is 0.246 e. The van der Waals surface area contributed by atoms with Crippen molar-refractivity contribution in [2.45, 2.75) is 19.9 Å². The number of nitrogens with one attached hydrogen (secondary N) is 2. The van der Waals surface area contributed by atoms with Gasteiger partial charge in [0.2, 0.25) is 11.8 Å². The molecule has 0 bridgehead atoms. The predicted molar refractivity (Wildman–Crippen MR) is 85.6 cm³/mol. The highest BCUT2D eigenvalue weighted by Gasteiger charge is 2.09. The number of halogens is 1. The van der Waals surface area contributed by atoms with E-state index in [2.05, 4.69) is 20.9 Å². The van der Waals surface area contributed by atoms with Gasteiger partial charge >= 0.3 is 0 Å². The number of rotatable bonds is 6. The minimum atomic E-state index is -0.301. The summed E-state index contributed by atoms with van der Waals surface area (Å²) in [5, 5.41) is 13.2. The first-order valence-corrected chi connectivity index (χ1v) is 7.23. The van der Waals surface area contributed by atoms with Crippen molar-refractivity contribution >= 4 is 34.9 Å². The van der Waals surface area contributed by atoms with Crippen molar-refractivity contribution in [1.29, 1.82) is 0 Å². The van der Waals surface area contributed by atoms with Gasteiger partial charge in [0.05, 0.1) is 18.3 Å². The molecule has 2 aromatic rings. The second-order valence-electron chi connectivity index (χ2n) is 4.60. The van der Waals surface area contributed by atoms with Crippen LogP contribution in [0.1, 0.15) is 13.3 Å². The Morgan fingerprint density at radius 3 is 2.74 bits per heavy atom. The lowest BCUT2D eigenvalue weighted by Crippen LogP contribution is -2.19. The molecule has 0 saturated heterocycles. The number of amides is 2. The van der Waals surface area contributed by atoms with Crippen LogP contribution in [0.2, 0.25) is 5.02 Å². The first-order valence-electron chi connectivity index (χ1n) is 6.85. The average molecular weight is 338 g/mol. The molecule has 0 fully saturated rings. The zero-order valence-electron chi connectivity index (χ0n) is 12.7. The van der Waals surface area contributed by atoms with E-state index in [9.17, 15) is 9.59 Å². The van der Waals surface area contributed by atoms with Crippen molar-refractivity contribution in [2.75, 3.05) is 17.7 Å². The van der Waals surface area contributed by atoms with E-state index in [1.54, 1.807) is 25.1 Å². The molecule has 0 aliphatic carbocycles. The van der Waals surface area contributed by atoms with Crippen molar-refractivity contribution in [1.82, 2.24) is 15.0 Å². The number of ether oxygens (including phenoxy) is 1. The third-order valence-electron chi connectivity index (χ3n) is 2.87. The zero-order valence-corrected chi connectivity index (χ0v) is 13.4. The molecule has 8 nitrogen and oxygen atoms in total. The van der Waals surface area contributed by atoms with E-state index >= 15 is 0 Å². The molecular formula is C14H16ClN5O3. The third kappa shape index (κ3) is 4.68. The minimum absolute atomic E-state index is 0.0430. The Hall–Kier alpha value is -2.61. The number of hydrogen-bond acceptors (Lipinski definition) is 5. The average Bonchev–Trinajstić information content (AvgIpc) is 2.94. The number of benzene rings is 1. The molecule has 1 aromatic carbocycles. The molecule has 9 heteroatoms. The lowest BCUT2D eigenvalue weighted by Gasteiger charge is -2.07. The van der Waals surface area contributed by atoms with E-state index in [0.29, 0.717) is 28.7 Å². The molecule has 0 radical (unpaired) electrons. The molecule has 0 unspecified atom stereocenters. The number of carbonyl (C=O) groups is 2. The lowest BCUT2D eigenvalue weighted by atomic mass is 10.3. The second-order valence-corrected chi connectivity index (χ2v) is 5.01. The van der Waals surface area contributed by atoms with Gasteiger partial charge in [-0.05, 0) is 18.2 Å². The van der Waals surface area contributed by atoms with Crippen molar-refractivity contribution in [3.8, 4) is 5.75 Å². The molecule has 0 spiro atoms. The van der Waals surface area contributed by atoms with Gasteiger partial charge in [0.15, 0.2) is 5.82 Å². The highest BCUT2D eigenvalue weighted by molar-refractivity contribution is 6.32. The van der Waals surface area contributed by atoms with Crippen molar-refractivity contribution in [3.05, 3.63) is 29.4 Å². The van der Waals surface area contributed by atoms with Crippen LogP contribution in [0.3, 0.4) is 0 Å². The molecule has 0 aliphatic rings. The molecule has 2 amide bonds. The van der Waals surface area contributed by atoms with Crippen LogP contribution in [0.15, 0.2) is 24.4 Å². The summed E-state index contributed by atoms with van der Waals surface area (Å²) in [6.07, 6.45) is 1.82. The summed E-state index contributed by atoms with van der Waals surface area (Å²) in [4.78, 5) is 23.2. The largest absolute Gasteiger partial charge is 0.495 e. The maximum atomic E-state index is 12.0. The number of carbonyl (C=O) groups excluding carboxylic acids is 2. The maximum absolute atomic E-state index is 12.0. The molecular weight excluding hydrogens is 322 g/mol. The summed E-state index contributed by atoms with van der Waals surface area (Å²) in [7, 11) is 1.51. The van der Waals surface area contributed by atoms with Crippen LogP contribution in [0.4, 0.5) is 11.5 Å². The van der Waals surface area contributed by atoms with Gasteiger partial charge in [-0.2, -0.15) is 0 Å². The Balaban J connectivity index is 1.94. The van der Waals surface area contributed by atoms with Gasteiger partial charge in [-0.1, -0.05) is 23.7 Å². The summed E-state index contributed by atoms with van der Waals surface area (Å²) in [5.74, 6) is 0.355. The van der Waals surface area contributed by atoms with Crippen molar-refractivity contribution in [2.24, 2.45) is 0 Å². The summed E-state index contributed by atoms with van der Waals surface area (Å²) < 4.78 is 6.37. The molecule has 2 rings (SSSR count). The van der Waals surface area contributed by atoms with Gasteiger partial charge in [-0.25, -0.2) is 4.68 Å². The Labute approximate surface area is 137 Å². The van der Waals surface area contributed by atoms with E-state index in [1.165, 1.54) is 18.0 Å². The topological polar surface area (TPSA) is 98.1 Å². The van der Waals surface area contributed by atoms with Crippen LogP contribution < -0.4 is 15.4 Å². The molecule has 122 valence electrons. The van der Waals surface area contributed by atoms with Crippen molar-refractivity contribution < 1.29 is 14.3 Å². The SMILES string of the molecule is CCC(=O)Nc1cn(CC(=O)Nc2ccc(OC)c(Cl)c2)nn1. The fraction of sp³-hybridized carbons (Fsp3) is 0.286. The van der Waals surface area contributed by atoms with E-state index in [4.69, 9.17) is 16.3 Å². The monoisotopic (exact) mass is 337 g/mol. The Morgan fingerprint density at radius 2 is 2.09 bits per heavy atom. The van der Waals surface area contributed by atoms with Gasteiger partial charge in [0.1, 0.15) is 12.3 Å². The van der Waals surface area contributed by atoms with Gasteiger partial charge in [-0.3, -0.25) is 9.59 Å². The number of hydrogen-bond donors (Lipinski definition) is 2. The van der Waals surface area contributed by atoms with Crippen LogP contribution in [0, 0.1) is 0 Å². The number of nitrogens with zero attached hydrogens (tertiary/aromatic N) is 3. The van der Waals surface area contributed by atoms with Crippen LogP contribution in [0.25, 0.3) is 0 Å². The van der Waals surface area contributed by atoms with Gasteiger partial charge < -0.3 is 15.4 Å². The molecule has 0 saturated carbocycles. The van der Waals surface area contributed by atoms with Crippen molar-refractivity contribution in [3.63, 3.8) is 0 Å². The van der Waals surface area contributed by atoms with E-state index < -0.39 is 0 Å². The lowest BCUT2D eigenvalue weighted by molar-refractivity contribution is -0.117. The van der Waals surface area contributed by atoms with E-state index in [0.717, 1.165) is 0 Å². The summed E-state index contributed by atoms with van der Waals surface area (Å²) in [6.45, 7) is 1.69. The summed E-state index contributed by atoms with van der Waals surface area (Å²) in [5.41, 5.74) is 0.542. The zero-order chi connectivity index (χ0) is 16.8. The van der Waals surface area contributed by atoms with Crippen LogP contribution >= 0.6 is 11.6 Å². The molecule has 1 aromatic heterocycles. The Bertz CT molecular complexity index is 716. The standard InChI is InChI=1S/C14H16ClN5O3/c1-3-13(21)17-12-7-20(19-18-12)8-14(22)16-9-4-5-11(23-2)10(15)6-9/h4-7H,3,8H2,1-2H3,(H,16,22)(H,17,21). The highest BCUT2D eigenvalue weighted by Crippen LogP contribution is 2.27. The maximum Gasteiger partial charge on any atom is 0.246 e. The fourth-order valence-corrected chi connectivity index (χ4v) is 2.01. The normalized spacial score (nSPS) is 10.2. The summed E-state index contributed by atoms with van der Waals surface area (Å²) >= 11 is 5.99. The first-order chi connectivity index (χ1) is 11.0. The van der Waals surface area contributed by atoms with Crippen LogP contribution in [-0.2, 0) is 16.1 Å². The van der Waals surface area contributed by atoms with Crippen LogP contribution in [-0.4, -0.2) is 33.9 Å². The predicted octanol–water partition coefficient (Wildman–Crippen LogP) is 1.93. The number of aromatic nitrogens is 3. The number of anilines is 2. The number of methoxy groups -OCH3 is 1. The van der Waals surface area contributed by atoms with Crippen LogP contribution in [0.5, 0.6) is 5.75 Å². The third-order valence-corrected chi connectivity index (χ3v) is 3.16. The Morgan fingerprint density at radius 1 is 1.30 bits per heavy atom. The molecule has 23 heavy (non-hydrogen) atoms. The summed E-state index contributed by atoms with van der Waals surface area (Å²) in [6, 6.07) is 4.93. The van der Waals surface area contributed by atoms with Gasteiger partial charge in [-0.15, -0.1) is 5.10 Å². The molecule has 0 aliphatic heterocycles. The molecule has 2 N–H and O–H groups in total. The molecule has 0 atom stereocenters. The molecule has 1 heterocycles. The van der Waals surface area contributed by atoms with Gasteiger partial charge in [0.25, 0.3) is 0 Å². The first kappa shape index (κ1) is 16.8. The fourth-order valence-electron chi connectivity index (χ4n) is 1.76. The second kappa shape index (κ2) is 7.59. The Kier molecular flexibility index (Phi) is 5.53. The minimum Gasteiger partial charge on any atom is -0.495 e. The van der Waals surface area contributed by atoms with E-state index in [1.807, 2.05) is 0 Å². The quantitative estimate of drug-likeness (QED) is 0.839. The van der Waals surface area contributed by atoms with Gasteiger partial charge in [0, 0.05) is 12.1 Å². The van der Waals surface area contributed by atoms with E-state index in [-0.39, 0.29) is 18.4 Å².